The van der Waals surface area contributed by atoms with Gasteiger partial charge in [0.2, 0.25) is 12.3 Å². The molecule has 6 N–H and O–H groups in total. The van der Waals surface area contributed by atoms with Crippen molar-refractivity contribution in [2.45, 2.75) is 18.9 Å². The zero-order chi connectivity index (χ0) is 18.6. The zero-order valence-electron chi connectivity index (χ0n) is 12.8. The fraction of sp³-hybridized carbons (Fsp3) is 0.818. The van der Waals surface area contributed by atoms with Gasteiger partial charge in [0.25, 0.3) is 10.1 Å². The summed E-state index contributed by atoms with van der Waals surface area (Å²) in [6, 6.07) is -1.75. The molecule has 0 aromatic rings. The van der Waals surface area contributed by atoms with Crippen LogP contribution >= 0.6 is 0 Å². The normalized spacial score (nSPS) is 13.0. The Kier molecular flexibility index (Phi) is 11.4. The number of aliphatic carboxylic acids is 1. The van der Waals surface area contributed by atoms with Crippen LogP contribution in [0.4, 0.5) is 0 Å². The number of aliphatic hydroxyl groups is 2. The van der Waals surface area contributed by atoms with Gasteiger partial charge in [0.15, 0.2) is 0 Å². The highest BCUT2D eigenvalue weighted by Crippen LogP contribution is 1.94. The number of aliphatic hydroxyl groups excluding tert-OH is 1. The molecule has 1 amide bonds. The maximum absolute atomic E-state index is 11.5. The molecule has 142 valence electrons. The van der Waals surface area contributed by atoms with Crippen molar-refractivity contribution in [2.24, 2.45) is 0 Å². The summed E-state index contributed by atoms with van der Waals surface area (Å²) in [5, 5.41) is 30.0. The van der Waals surface area contributed by atoms with E-state index in [1.165, 1.54) is 0 Å². The lowest BCUT2D eigenvalue weighted by Gasteiger charge is -2.13. The van der Waals surface area contributed by atoms with Crippen LogP contribution in [0.5, 0.6) is 0 Å². The zero-order valence-corrected chi connectivity index (χ0v) is 13.6. The van der Waals surface area contributed by atoms with Gasteiger partial charge in [0, 0.05) is 13.0 Å². The Morgan fingerprint density at radius 1 is 1.04 bits per heavy atom. The molecule has 0 radical (unpaired) electrons. The fourth-order valence-electron chi connectivity index (χ4n) is 1.40. The Labute approximate surface area is 138 Å². The van der Waals surface area contributed by atoms with Gasteiger partial charge in [-0.05, 0) is 0 Å². The van der Waals surface area contributed by atoms with E-state index >= 15 is 0 Å². The van der Waals surface area contributed by atoms with Crippen molar-refractivity contribution in [2.75, 3.05) is 38.7 Å². The van der Waals surface area contributed by atoms with Crippen molar-refractivity contribution in [3.05, 3.63) is 0 Å². The second-order valence-electron chi connectivity index (χ2n) is 4.51. The average Bonchev–Trinajstić information content (AvgIpc) is 2.42. The highest BCUT2D eigenvalue weighted by atomic mass is 32.2. The van der Waals surface area contributed by atoms with E-state index < -0.39 is 40.2 Å². The number of carboxylic acid groups (broad SMARTS) is 1. The lowest BCUT2D eigenvalue weighted by Crippen LogP contribution is -2.45. The quantitative estimate of drug-likeness (QED) is 0.101. The van der Waals surface area contributed by atoms with Gasteiger partial charge in [-0.25, -0.2) is 4.79 Å². The van der Waals surface area contributed by atoms with Gasteiger partial charge in [-0.2, -0.15) is 8.42 Å². The molecule has 0 aliphatic heterocycles. The number of carboxylic acids is 1. The van der Waals surface area contributed by atoms with E-state index in [-0.39, 0.29) is 39.4 Å². The highest BCUT2D eigenvalue weighted by molar-refractivity contribution is 7.85. The lowest BCUT2D eigenvalue weighted by molar-refractivity contribution is -0.141. The van der Waals surface area contributed by atoms with Crippen LogP contribution in [0, 0.1) is 0 Å². The van der Waals surface area contributed by atoms with Crippen LogP contribution in [-0.4, -0.2) is 91.3 Å². The summed E-state index contributed by atoms with van der Waals surface area (Å²) >= 11 is 0. The first-order valence-corrected chi connectivity index (χ1v) is 8.45. The summed E-state index contributed by atoms with van der Waals surface area (Å²) < 4.78 is 40.0. The molecule has 0 spiro atoms. The van der Waals surface area contributed by atoms with Gasteiger partial charge in [-0.3, -0.25) is 14.7 Å². The Balaban J connectivity index is 3.76. The molecule has 0 aliphatic carbocycles. The van der Waals surface area contributed by atoms with E-state index in [2.05, 4.69) is 5.32 Å². The summed E-state index contributed by atoms with van der Waals surface area (Å²) in [6.45, 7) is 0.760. The third kappa shape index (κ3) is 14.3. The first kappa shape index (κ1) is 22.6. The van der Waals surface area contributed by atoms with Crippen LogP contribution in [0.25, 0.3) is 0 Å². The van der Waals surface area contributed by atoms with Gasteiger partial charge in [0.1, 0.15) is 11.8 Å². The summed E-state index contributed by atoms with van der Waals surface area (Å²) in [4.78, 5) is 22.2. The van der Waals surface area contributed by atoms with Crippen molar-refractivity contribution >= 4 is 22.0 Å². The molecule has 1 atom stereocenters. The predicted molar refractivity (Wildman–Crippen MR) is 78.5 cm³/mol. The highest BCUT2D eigenvalue weighted by Gasteiger charge is 2.25. The second kappa shape index (κ2) is 12.1. The molecule has 12 nitrogen and oxygen atoms in total. The SMILES string of the molecule is O=C(CCOCCOCCNC(O)O)N[C@@H](CS(=O)(=O)O)C(=O)O. The van der Waals surface area contributed by atoms with Crippen molar-refractivity contribution < 1.29 is 47.4 Å². The number of hydrogen-bond acceptors (Lipinski definition) is 9. The maximum atomic E-state index is 11.5. The van der Waals surface area contributed by atoms with Gasteiger partial charge < -0.3 is 30.1 Å². The minimum atomic E-state index is -4.54. The topological polar surface area (TPSA) is 192 Å². The van der Waals surface area contributed by atoms with Crippen LogP contribution < -0.4 is 10.6 Å². The first-order valence-electron chi connectivity index (χ1n) is 6.84. The standard InChI is InChI=1S/C11H22N2O10S/c14-9(13-8(10(15)16)7-24(19,20)21)1-3-22-5-6-23-4-2-12-11(17)18/h8,11-12,17-18H,1-7H2,(H,13,14)(H,15,16)(H,19,20,21)/t8-/m0/s1. The smallest absolute Gasteiger partial charge is 0.327 e. The number of amides is 1. The molecular formula is C11H22N2O10S. The number of carbonyl (C=O) groups is 2. The number of ether oxygens (including phenoxy) is 2. The molecular weight excluding hydrogens is 352 g/mol. The monoisotopic (exact) mass is 374 g/mol. The summed E-state index contributed by atoms with van der Waals surface area (Å²) in [5.74, 6) is -3.45. The van der Waals surface area contributed by atoms with Crippen molar-refractivity contribution in [3.63, 3.8) is 0 Å². The van der Waals surface area contributed by atoms with Crippen LogP contribution in [0.15, 0.2) is 0 Å². The van der Waals surface area contributed by atoms with Crippen LogP contribution in [0.3, 0.4) is 0 Å². The molecule has 0 saturated heterocycles. The van der Waals surface area contributed by atoms with Crippen molar-refractivity contribution in [3.8, 4) is 0 Å². The summed E-state index contributed by atoms with van der Waals surface area (Å²) in [6.07, 6.45) is -1.81. The average molecular weight is 374 g/mol. The third-order valence-electron chi connectivity index (χ3n) is 2.43. The van der Waals surface area contributed by atoms with Gasteiger partial charge in [0.05, 0.1) is 26.4 Å². The first-order chi connectivity index (χ1) is 11.1. The molecule has 13 heteroatoms. The van der Waals surface area contributed by atoms with Crippen LogP contribution in [-0.2, 0) is 29.2 Å². The van der Waals surface area contributed by atoms with Gasteiger partial charge in [-0.1, -0.05) is 0 Å². The molecule has 0 heterocycles. The van der Waals surface area contributed by atoms with Gasteiger partial charge in [-0.15, -0.1) is 0 Å². The van der Waals surface area contributed by atoms with E-state index in [0.717, 1.165) is 0 Å². The van der Waals surface area contributed by atoms with E-state index in [0.29, 0.717) is 0 Å². The number of hydrogen-bond donors (Lipinski definition) is 6. The van der Waals surface area contributed by atoms with E-state index in [4.69, 9.17) is 29.3 Å². The molecule has 0 saturated carbocycles. The number of rotatable bonds is 14. The summed E-state index contributed by atoms with van der Waals surface area (Å²) in [7, 11) is -4.54. The summed E-state index contributed by atoms with van der Waals surface area (Å²) in [5.41, 5.74) is 0. The Morgan fingerprint density at radius 3 is 2.12 bits per heavy atom. The Morgan fingerprint density at radius 2 is 1.62 bits per heavy atom. The molecule has 0 bridgehead atoms. The number of nitrogens with one attached hydrogen (secondary N) is 2. The molecule has 0 rings (SSSR count). The lowest BCUT2D eigenvalue weighted by atomic mass is 10.3. The Hall–Kier alpha value is -1.35. The van der Waals surface area contributed by atoms with E-state index in [1.807, 2.05) is 5.32 Å². The van der Waals surface area contributed by atoms with Crippen molar-refractivity contribution in [1.29, 1.82) is 0 Å². The van der Waals surface area contributed by atoms with Crippen LogP contribution in [0.1, 0.15) is 6.42 Å². The minimum Gasteiger partial charge on any atom is -0.480 e. The van der Waals surface area contributed by atoms with Crippen LogP contribution in [0.2, 0.25) is 0 Å². The second-order valence-corrected chi connectivity index (χ2v) is 6.01. The molecule has 0 aromatic heterocycles. The predicted octanol–water partition coefficient (Wildman–Crippen LogP) is -3.28. The number of carbonyl (C=O) groups excluding carboxylic acids is 1. The molecule has 0 unspecified atom stereocenters. The maximum Gasteiger partial charge on any atom is 0.327 e. The van der Waals surface area contributed by atoms with Gasteiger partial charge >= 0.3 is 5.97 Å². The third-order valence-corrected chi connectivity index (χ3v) is 3.18. The molecule has 0 aliphatic rings. The van der Waals surface area contributed by atoms with Crippen molar-refractivity contribution in [1.82, 2.24) is 10.6 Å². The molecule has 24 heavy (non-hydrogen) atoms. The molecule has 0 aromatic carbocycles. The minimum absolute atomic E-state index is 0.0407. The molecule has 0 fully saturated rings. The van der Waals surface area contributed by atoms with E-state index in [9.17, 15) is 18.0 Å². The fourth-order valence-corrected chi connectivity index (χ4v) is 2.05. The Bertz CT molecular complexity index is 481. The largest absolute Gasteiger partial charge is 0.480 e. The van der Waals surface area contributed by atoms with E-state index in [1.54, 1.807) is 0 Å².